The number of rotatable bonds is 7. The molecule has 0 aromatic carbocycles. The second-order valence-electron chi connectivity index (χ2n) is 5.13. The van der Waals surface area contributed by atoms with Gasteiger partial charge in [-0.3, -0.25) is 4.79 Å². The van der Waals surface area contributed by atoms with Gasteiger partial charge in [0.15, 0.2) is 0 Å². The van der Waals surface area contributed by atoms with E-state index >= 15 is 0 Å². The van der Waals surface area contributed by atoms with Crippen LogP contribution in [0.2, 0.25) is 0 Å². The number of nitrogens with zero attached hydrogens (tertiary/aromatic N) is 2. The minimum absolute atomic E-state index is 0.0455. The number of likely N-dealkylation sites (tertiary alicyclic amines) is 1. The largest absolute Gasteiger partial charge is 0.369 e. The van der Waals surface area contributed by atoms with Crippen molar-refractivity contribution in [1.29, 1.82) is 0 Å². The maximum absolute atomic E-state index is 12.2. The van der Waals surface area contributed by atoms with E-state index in [4.69, 9.17) is 0 Å². The van der Waals surface area contributed by atoms with Crippen molar-refractivity contribution in [3.05, 3.63) is 23.9 Å². The first-order valence-corrected chi connectivity index (χ1v) is 7.50. The number of hydrogen-bond donors (Lipinski definition) is 2. The third-order valence-corrected chi connectivity index (χ3v) is 3.51. The number of aromatic nitrogens is 1. The minimum atomic E-state index is -0.0455. The molecule has 0 bridgehead atoms. The van der Waals surface area contributed by atoms with Crippen LogP contribution in [0.5, 0.6) is 0 Å². The van der Waals surface area contributed by atoms with Gasteiger partial charge in [0.2, 0.25) is 0 Å². The standard InChI is InChI=1S/C15H24N4O/c1-2-7-16-14-13(6-5-8-17-14)15(20)18-9-12-19-10-3-4-11-19/h5-6,8H,2-4,7,9-12H2,1H3,(H,16,17)(H,18,20). The Morgan fingerprint density at radius 1 is 1.35 bits per heavy atom. The van der Waals surface area contributed by atoms with Gasteiger partial charge < -0.3 is 15.5 Å². The lowest BCUT2D eigenvalue weighted by Gasteiger charge is -2.15. The number of nitrogens with one attached hydrogen (secondary N) is 2. The van der Waals surface area contributed by atoms with Gasteiger partial charge in [-0.15, -0.1) is 0 Å². The highest BCUT2D eigenvalue weighted by atomic mass is 16.1. The van der Waals surface area contributed by atoms with E-state index in [0.29, 0.717) is 17.9 Å². The van der Waals surface area contributed by atoms with E-state index in [2.05, 4.69) is 27.4 Å². The predicted octanol–water partition coefficient (Wildman–Crippen LogP) is 1.73. The Balaban J connectivity index is 1.84. The smallest absolute Gasteiger partial charge is 0.255 e. The van der Waals surface area contributed by atoms with Crippen molar-refractivity contribution >= 4 is 11.7 Å². The van der Waals surface area contributed by atoms with Crippen LogP contribution in [0.1, 0.15) is 36.5 Å². The van der Waals surface area contributed by atoms with E-state index in [0.717, 1.165) is 32.6 Å². The third kappa shape index (κ3) is 4.20. The Hall–Kier alpha value is -1.62. The normalized spacial score (nSPS) is 15.2. The monoisotopic (exact) mass is 276 g/mol. The van der Waals surface area contributed by atoms with E-state index in [-0.39, 0.29) is 5.91 Å². The van der Waals surface area contributed by atoms with Crippen LogP contribution in [0.15, 0.2) is 18.3 Å². The molecule has 0 atom stereocenters. The lowest BCUT2D eigenvalue weighted by molar-refractivity contribution is 0.0950. The highest BCUT2D eigenvalue weighted by molar-refractivity contribution is 5.98. The van der Waals surface area contributed by atoms with Gasteiger partial charge in [-0.1, -0.05) is 6.92 Å². The van der Waals surface area contributed by atoms with Crippen molar-refractivity contribution in [2.45, 2.75) is 26.2 Å². The second-order valence-corrected chi connectivity index (χ2v) is 5.13. The van der Waals surface area contributed by atoms with Gasteiger partial charge in [0, 0.05) is 25.8 Å². The molecule has 1 fully saturated rings. The van der Waals surface area contributed by atoms with Gasteiger partial charge >= 0.3 is 0 Å². The Morgan fingerprint density at radius 3 is 2.90 bits per heavy atom. The maximum atomic E-state index is 12.2. The van der Waals surface area contributed by atoms with Crippen molar-refractivity contribution in [1.82, 2.24) is 15.2 Å². The summed E-state index contributed by atoms with van der Waals surface area (Å²) in [6, 6.07) is 3.61. The SMILES string of the molecule is CCCNc1ncccc1C(=O)NCCN1CCCC1. The zero-order chi connectivity index (χ0) is 14.2. The van der Waals surface area contributed by atoms with Crippen LogP contribution >= 0.6 is 0 Å². The van der Waals surface area contributed by atoms with Crippen LogP contribution in [-0.4, -0.2) is 48.5 Å². The molecule has 1 amide bonds. The summed E-state index contributed by atoms with van der Waals surface area (Å²) in [5.74, 6) is 0.629. The van der Waals surface area contributed by atoms with E-state index in [1.807, 2.05) is 6.07 Å². The van der Waals surface area contributed by atoms with Gasteiger partial charge in [-0.05, 0) is 44.5 Å². The molecule has 0 unspecified atom stereocenters. The molecular weight excluding hydrogens is 252 g/mol. The van der Waals surface area contributed by atoms with Crippen LogP contribution in [0.4, 0.5) is 5.82 Å². The van der Waals surface area contributed by atoms with Gasteiger partial charge in [-0.25, -0.2) is 4.98 Å². The molecule has 5 heteroatoms. The molecule has 0 aliphatic carbocycles. The molecule has 20 heavy (non-hydrogen) atoms. The Morgan fingerprint density at radius 2 is 2.15 bits per heavy atom. The molecule has 1 aromatic heterocycles. The molecule has 2 N–H and O–H groups in total. The van der Waals surface area contributed by atoms with Gasteiger partial charge in [0.05, 0.1) is 5.56 Å². The van der Waals surface area contributed by atoms with Crippen molar-refractivity contribution in [3.8, 4) is 0 Å². The summed E-state index contributed by atoms with van der Waals surface area (Å²) in [6.07, 6.45) is 5.27. The molecule has 1 aliphatic rings. The van der Waals surface area contributed by atoms with Crippen molar-refractivity contribution in [2.75, 3.05) is 38.0 Å². The molecule has 0 spiro atoms. The van der Waals surface area contributed by atoms with E-state index < -0.39 is 0 Å². The summed E-state index contributed by atoms with van der Waals surface area (Å²) in [5, 5.41) is 6.18. The van der Waals surface area contributed by atoms with E-state index in [9.17, 15) is 4.79 Å². The quantitative estimate of drug-likeness (QED) is 0.796. The van der Waals surface area contributed by atoms with Crippen molar-refractivity contribution in [2.24, 2.45) is 0 Å². The van der Waals surface area contributed by atoms with Gasteiger partial charge in [0.25, 0.3) is 5.91 Å². The lowest BCUT2D eigenvalue weighted by atomic mass is 10.2. The average molecular weight is 276 g/mol. The maximum Gasteiger partial charge on any atom is 0.255 e. The molecule has 1 aliphatic heterocycles. The third-order valence-electron chi connectivity index (χ3n) is 3.51. The first-order chi connectivity index (χ1) is 9.81. The number of anilines is 1. The fourth-order valence-electron chi connectivity index (χ4n) is 2.40. The summed E-state index contributed by atoms with van der Waals surface area (Å²) >= 11 is 0. The molecule has 110 valence electrons. The number of amides is 1. The van der Waals surface area contributed by atoms with Crippen LogP contribution < -0.4 is 10.6 Å². The fraction of sp³-hybridized carbons (Fsp3) is 0.600. The molecular formula is C15H24N4O. The molecule has 0 radical (unpaired) electrons. The molecule has 0 saturated carbocycles. The summed E-state index contributed by atoms with van der Waals surface area (Å²) < 4.78 is 0. The van der Waals surface area contributed by atoms with Crippen molar-refractivity contribution in [3.63, 3.8) is 0 Å². The van der Waals surface area contributed by atoms with Crippen LogP contribution in [0.25, 0.3) is 0 Å². The van der Waals surface area contributed by atoms with E-state index in [1.165, 1.54) is 12.8 Å². The molecule has 5 nitrogen and oxygen atoms in total. The number of hydrogen-bond acceptors (Lipinski definition) is 4. The lowest BCUT2D eigenvalue weighted by Crippen LogP contribution is -2.33. The molecule has 2 heterocycles. The highest BCUT2D eigenvalue weighted by Crippen LogP contribution is 2.11. The Kier molecular flexibility index (Phi) is 5.80. The van der Waals surface area contributed by atoms with Crippen LogP contribution in [-0.2, 0) is 0 Å². The zero-order valence-electron chi connectivity index (χ0n) is 12.2. The summed E-state index contributed by atoms with van der Waals surface area (Å²) in [5.41, 5.74) is 0.627. The van der Waals surface area contributed by atoms with Crippen LogP contribution in [0.3, 0.4) is 0 Å². The van der Waals surface area contributed by atoms with Crippen molar-refractivity contribution < 1.29 is 4.79 Å². The summed E-state index contributed by atoms with van der Waals surface area (Å²) in [6.45, 7) is 6.86. The van der Waals surface area contributed by atoms with Gasteiger partial charge in [0.1, 0.15) is 5.82 Å². The minimum Gasteiger partial charge on any atom is -0.369 e. The topological polar surface area (TPSA) is 57.3 Å². The molecule has 1 saturated heterocycles. The van der Waals surface area contributed by atoms with E-state index in [1.54, 1.807) is 12.3 Å². The Bertz CT molecular complexity index is 430. The number of carbonyl (C=O) groups is 1. The van der Waals surface area contributed by atoms with Gasteiger partial charge in [-0.2, -0.15) is 0 Å². The summed E-state index contributed by atoms with van der Waals surface area (Å²) in [7, 11) is 0. The van der Waals surface area contributed by atoms with Crippen LogP contribution in [0, 0.1) is 0 Å². The number of carbonyl (C=O) groups excluding carboxylic acids is 1. The second kappa shape index (κ2) is 7.85. The predicted molar refractivity (Wildman–Crippen MR) is 81.0 cm³/mol. The number of pyridine rings is 1. The molecule has 2 rings (SSSR count). The average Bonchev–Trinajstić information content (AvgIpc) is 2.98. The first-order valence-electron chi connectivity index (χ1n) is 7.50. The first kappa shape index (κ1) is 14.8. The zero-order valence-corrected chi connectivity index (χ0v) is 12.2. The summed E-state index contributed by atoms with van der Waals surface area (Å²) in [4.78, 5) is 18.8. The molecule has 1 aromatic rings. The fourth-order valence-corrected chi connectivity index (χ4v) is 2.40. The Labute approximate surface area is 120 Å². The highest BCUT2D eigenvalue weighted by Gasteiger charge is 2.13.